The van der Waals surface area contributed by atoms with Gasteiger partial charge >= 0.3 is 0 Å². The number of hydrogen-bond acceptors (Lipinski definition) is 2. The van der Waals surface area contributed by atoms with Gasteiger partial charge in [0.2, 0.25) is 5.91 Å². The number of nitrogens with one attached hydrogen (secondary N) is 1. The van der Waals surface area contributed by atoms with Crippen molar-refractivity contribution in [2.45, 2.75) is 45.3 Å². The van der Waals surface area contributed by atoms with E-state index >= 15 is 0 Å². The van der Waals surface area contributed by atoms with Crippen molar-refractivity contribution in [3.63, 3.8) is 0 Å². The molecule has 0 aromatic rings. The fourth-order valence-corrected chi connectivity index (χ4v) is 1.64. The average molecular weight is 171 g/mol. The summed E-state index contributed by atoms with van der Waals surface area (Å²) in [6.45, 7) is 6.42. The normalized spacial score (nSPS) is 28.1. The standard InChI is InChI=1S/C9H17NO2/c1-7(11)10-8-4-5-12-9(2,3)6-8/h8H,4-6H2,1-3H3,(H,10,11). The lowest BCUT2D eigenvalue weighted by atomic mass is 9.94. The third-order valence-corrected chi connectivity index (χ3v) is 2.10. The molecule has 1 N–H and O–H groups in total. The minimum absolute atomic E-state index is 0.0534. The molecule has 1 heterocycles. The molecule has 1 atom stereocenters. The Balaban J connectivity index is 2.41. The van der Waals surface area contributed by atoms with Crippen LogP contribution in [-0.4, -0.2) is 24.2 Å². The van der Waals surface area contributed by atoms with Gasteiger partial charge in [-0.2, -0.15) is 0 Å². The van der Waals surface area contributed by atoms with E-state index in [0.29, 0.717) is 6.04 Å². The number of rotatable bonds is 1. The molecule has 0 aromatic carbocycles. The molecule has 1 unspecified atom stereocenters. The van der Waals surface area contributed by atoms with Crippen molar-refractivity contribution in [3.8, 4) is 0 Å². The van der Waals surface area contributed by atoms with E-state index in [4.69, 9.17) is 4.74 Å². The van der Waals surface area contributed by atoms with Crippen molar-refractivity contribution in [3.05, 3.63) is 0 Å². The Morgan fingerprint density at radius 1 is 1.58 bits per heavy atom. The molecule has 1 aliphatic heterocycles. The number of hydrogen-bond donors (Lipinski definition) is 1. The number of amides is 1. The van der Waals surface area contributed by atoms with E-state index in [1.54, 1.807) is 6.92 Å². The maximum atomic E-state index is 10.8. The fourth-order valence-electron chi connectivity index (χ4n) is 1.64. The van der Waals surface area contributed by atoms with E-state index in [-0.39, 0.29) is 11.5 Å². The summed E-state index contributed by atoms with van der Waals surface area (Å²) < 4.78 is 5.53. The van der Waals surface area contributed by atoms with Crippen LogP contribution in [0.25, 0.3) is 0 Å². The van der Waals surface area contributed by atoms with Crippen LogP contribution < -0.4 is 5.32 Å². The van der Waals surface area contributed by atoms with Crippen LogP contribution in [0.5, 0.6) is 0 Å². The van der Waals surface area contributed by atoms with Gasteiger partial charge in [0.05, 0.1) is 5.60 Å². The van der Waals surface area contributed by atoms with Gasteiger partial charge < -0.3 is 10.1 Å². The molecule has 1 amide bonds. The van der Waals surface area contributed by atoms with Crippen LogP contribution in [0.3, 0.4) is 0 Å². The smallest absolute Gasteiger partial charge is 0.217 e. The highest BCUT2D eigenvalue weighted by atomic mass is 16.5. The van der Waals surface area contributed by atoms with Crippen molar-refractivity contribution in [1.29, 1.82) is 0 Å². The van der Waals surface area contributed by atoms with Crippen molar-refractivity contribution >= 4 is 5.91 Å². The summed E-state index contributed by atoms with van der Waals surface area (Å²) in [6.07, 6.45) is 1.84. The highest BCUT2D eigenvalue weighted by Gasteiger charge is 2.28. The highest BCUT2D eigenvalue weighted by molar-refractivity contribution is 5.73. The topological polar surface area (TPSA) is 38.3 Å². The van der Waals surface area contributed by atoms with Crippen LogP contribution in [-0.2, 0) is 9.53 Å². The second kappa shape index (κ2) is 3.44. The van der Waals surface area contributed by atoms with Crippen LogP contribution in [0.2, 0.25) is 0 Å². The minimum atomic E-state index is -0.0780. The molecule has 0 saturated carbocycles. The van der Waals surface area contributed by atoms with Gasteiger partial charge in [-0.3, -0.25) is 4.79 Å². The van der Waals surface area contributed by atoms with Crippen LogP contribution in [0, 0.1) is 0 Å². The van der Waals surface area contributed by atoms with Crippen molar-refractivity contribution in [2.75, 3.05) is 6.61 Å². The molecule has 12 heavy (non-hydrogen) atoms. The molecule has 0 aromatic heterocycles. The van der Waals surface area contributed by atoms with E-state index in [2.05, 4.69) is 19.2 Å². The summed E-state index contributed by atoms with van der Waals surface area (Å²) in [7, 11) is 0. The maximum absolute atomic E-state index is 10.8. The molecule has 3 nitrogen and oxygen atoms in total. The molecule has 0 bridgehead atoms. The Morgan fingerprint density at radius 3 is 2.75 bits per heavy atom. The first-order chi connectivity index (χ1) is 5.49. The molecular weight excluding hydrogens is 154 g/mol. The van der Waals surface area contributed by atoms with E-state index in [1.807, 2.05) is 0 Å². The Hall–Kier alpha value is -0.570. The monoisotopic (exact) mass is 171 g/mol. The number of carbonyl (C=O) groups is 1. The molecule has 3 heteroatoms. The molecule has 70 valence electrons. The number of carbonyl (C=O) groups excluding carboxylic acids is 1. The summed E-state index contributed by atoms with van der Waals surface area (Å²) in [6, 6.07) is 0.297. The third-order valence-electron chi connectivity index (χ3n) is 2.10. The van der Waals surface area contributed by atoms with Gasteiger partial charge in [-0.25, -0.2) is 0 Å². The number of ether oxygens (including phenoxy) is 1. The predicted octanol–water partition coefficient (Wildman–Crippen LogP) is 1.08. The van der Waals surface area contributed by atoms with E-state index in [1.165, 1.54) is 0 Å². The minimum Gasteiger partial charge on any atom is -0.375 e. The fraction of sp³-hybridized carbons (Fsp3) is 0.889. The van der Waals surface area contributed by atoms with Gasteiger partial charge in [0.25, 0.3) is 0 Å². The largest absolute Gasteiger partial charge is 0.375 e. The molecule has 0 spiro atoms. The van der Waals surface area contributed by atoms with Gasteiger partial charge in [0.1, 0.15) is 0 Å². The van der Waals surface area contributed by atoms with Crippen molar-refractivity contribution in [2.24, 2.45) is 0 Å². The predicted molar refractivity (Wildman–Crippen MR) is 46.9 cm³/mol. The Labute approximate surface area is 73.5 Å². The van der Waals surface area contributed by atoms with Gasteiger partial charge in [-0.1, -0.05) is 0 Å². The SMILES string of the molecule is CC(=O)NC1CCOC(C)(C)C1. The Kier molecular flexibility index (Phi) is 2.73. The zero-order valence-corrected chi connectivity index (χ0v) is 8.02. The Morgan fingerprint density at radius 2 is 2.25 bits per heavy atom. The first-order valence-electron chi connectivity index (χ1n) is 4.41. The van der Waals surface area contributed by atoms with Crippen LogP contribution in [0.1, 0.15) is 33.6 Å². The molecule has 0 aliphatic carbocycles. The molecule has 1 saturated heterocycles. The second-order valence-corrected chi connectivity index (χ2v) is 4.00. The van der Waals surface area contributed by atoms with Crippen LogP contribution in [0.15, 0.2) is 0 Å². The van der Waals surface area contributed by atoms with E-state index < -0.39 is 0 Å². The van der Waals surface area contributed by atoms with Gasteiger partial charge in [0.15, 0.2) is 0 Å². The Bertz CT molecular complexity index is 177. The van der Waals surface area contributed by atoms with Crippen LogP contribution in [0.4, 0.5) is 0 Å². The van der Waals surface area contributed by atoms with Gasteiger partial charge in [-0.05, 0) is 26.7 Å². The first kappa shape index (κ1) is 9.52. The highest BCUT2D eigenvalue weighted by Crippen LogP contribution is 2.23. The van der Waals surface area contributed by atoms with Gasteiger partial charge in [-0.15, -0.1) is 0 Å². The summed E-state index contributed by atoms with van der Waals surface area (Å²) in [5.41, 5.74) is -0.0780. The molecule has 0 radical (unpaired) electrons. The summed E-state index contributed by atoms with van der Waals surface area (Å²) in [5.74, 6) is 0.0534. The second-order valence-electron chi connectivity index (χ2n) is 4.00. The zero-order valence-electron chi connectivity index (χ0n) is 8.02. The maximum Gasteiger partial charge on any atom is 0.217 e. The summed E-state index contributed by atoms with van der Waals surface area (Å²) in [5, 5.41) is 2.92. The van der Waals surface area contributed by atoms with Gasteiger partial charge in [0, 0.05) is 19.6 Å². The zero-order chi connectivity index (χ0) is 9.19. The quantitative estimate of drug-likeness (QED) is 0.641. The van der Waals surface area contributed by atoms with Crippen LogP contribution >= 0.6 is 0 Å². The summed E-state index contributed by atoms with van der Waals surface area (Å²) >= 11 is 0. The lowest BCUT2D eigenvalue weighted by molar-refractivity contribution is -0.122. The third kappa shape index (κ3) is 2.81. The summed E-state index contributed by atoms with van der Waals surface area (Å²) in [4.78, 5) is 10.8. The lowest BCUT2D eigenvalue weighted by Gasteiger charge is -2.35. The van der Waals surface area contributed by atoms with Crippen molar-refractivity contribution in [1.82, 2.24) is 5.32 Å². The first-order valence-corrected chi connectivity index (χ1v) is 4.41. The molecule has 1 aliphatic rings. The molecule has 1 fully saturated rings. The van der Waals surface area contributed by atoms with E-state index in [9.17, 15) is 4.79 Å². The van der Waals surface area contributed by atoms with E-state index in [0.717, 1.165) is 19.4 Å². The average Bonchev–Trinajstić information content (AvgIpc) is 1.82. The molecule has 1 rings (SSSR count). The molecular formula is C9H17NO2. The van der Waals surface area contributed by atoms with Crippen molar-refractivity contribution < 1.29 is 9.53 Å². The lowest BCUT2D eigenvalue weighted by Crippen LogP contribution is -2.45.